The zero-order valence-electron chi connectivity index (χ0n) is 16.5. The van der Waals surface area contributed by atoms with E-state index < -0.39 is 11.8 Å². The first kappa shape index (κ1) is 19.8. The number of rotatable bonds is 6. The maximum atomic E-state index is 12.5. The number of likely N-dealkylation sites (N-methyl/N-ethyl adjacent to an activating group) is 1. The van der Waals surface area contributed by atoms with Crippen molar-refractivity contribution in [2.24, 2.45) is 0 Å². The molecule has 0 unspecified atom stereocenters. The molecule has 4 rings (SSSR count). The Kier molecular flexibility index (Phi) is 5.63. The average Bonchev–Trinajstić information content (AvgIpc) is 3.11. The summed E-state index contributed by atoms with van der Waals surface area (Å²) in [5.74, 6) is -0.0304. The molecular weight excluding hydrogens is 398 g/mol. The van der Waals surface area contributed by atoms with E-state index in [1.807, 2.05) is 60.8 Å². The van der Waals surface area contributed by atoms with Crippen molar-refractivity contribution >= 4 is 46.1 Å². The molecule has 30 heavy (non-hydrogen) atoms. The van der Waals surface area contributed by atoms with Gasteiger partial charge in [0, 0.05) is 36.3 Å². The highest BCUT2D eigenvalue weighted by Crippen LogP contribution is 2.25. The third-order valence-corrected chi connectivity index (χ3v) is 5.36. The summed E-state index contributed by atoms with van der Waals surface area (Å²) < 4.78 is 7.90. The first-order valence-electron chi connectivity index (χ1n) is 9.65. The Labute approximate surface area is 179 Å². The third kappa shape index (κ3) is 3.97. The van der Waals surface area contributed by atoms with Crippen molar-refractivity contribution in [1.82, 2.24) is 14.8 Å². The van der Waals surface area contributed by atoms with Crippen LogP contribution in [0.2, 0.25) is 0 Å². The lowest BCUT2D eigenvalue weighted by Gasteiger charge is -2.24. The van der Waals surface area contributed by atoms with Gasteiger partial charge >= 0.3 is 0 Å². The van der Waals surface area contributed by atoms with Crippen LogP contribution in [0, 0.1) is 0 Å². The maximum Gasteiger partial charge on any atom is 0.265 e. The van der Waals surface area contributed by atoms with E-state index >= 15 is 0 Å². The molecule has 152 valence electrons. The van der Waals surface area contributed by atoms with Crippen molar-refractivity contribution in [1.29, 1.82) is 0 Å². The Morgan fingerprint density at radius 2 is 1.80 bits per heavy atom. The van der Waals surface area contributed by atoms with Crippen LogP contribution in [-0.4, -0.2) is 40.0 Å². The van der Waals surface area contributed by atoms with Crippen molar-refractivity contribution in [3.05, 3.63) is 71.9 Å². The summed E-state index contributed by atoms with van der Waals surface area (Å²) in [5, 5.41) is 3.64. The number of fused-ring (bicyclic) bond motifs is 1. The summed E-state index contributed by atoms with van der Waals surface area (Å²) >= 11 is 5.01. The number of benzene rings is 2. The number of para-hydroxylation sites is 2. The van der Waals surface area contributed by atoms with Gasteiger partial charge in [0.05, 0.1) is 6.61 Å². The molecule has 6 nitrogen and oxygen atoms in total. The second-order valence-electron chi connectivity index (χ2n) is 6.99. The zero-order valence-corrected chi connectivity index (χ0v) is 17.3. The van der Waals surface area contributed by atoms with Crippen LogP contribution in [0.3, 0.4) is 0 Å². The Morgan fingerprint density at radius 3 is 2.60 bits per heavy atom. The van der Waals surface area contributed by atoms with Crippen LogP contribution in [0.1, 0.15) is 12.0 Å². The Balaban J connectivity index is 1.56. The van der Waals surface area contributed by atoms with Crippen molar-refractivity contribution in [2.75, 3.05) is 13.7 Å². The molecule has 3 aromatic rings. The van der Waals surface area contributed by atoms with Gasteiger partial charge in [0.2, 0.25) is 0 Å². The molecule has 1 aliphatic rings. The molecule has 2 heterocycles. The second kappa shape index (κ2) is 8.51. The number of hydrogen-bond donors (Lipinski definition) is 1. The smallest absolute Gasteiger partial charge is 0.265 e. The molecule has 1 aromatic heterocycles. The predicted octanol–water partition coefficient (Wildman–Crippen LogP) is 3.37. The molecule has 2 amide bonds. The van der Waals surface area contributed by atoms with Crippen LogP contribution in [0.5, 0.6) is 5.75 Å². The van der Waals surface area contributed by atoms with Gasteiger partial charge in [-0.05, 0) is 42.9 Å². The lowest BCUT2D eigenvalue weighted by Crippen LogP contribution is -2.52. The lowest BCUT2D eigenvalue weighted by molar-refractivity contribution is -0.128. The molecule has 0 radical (unpaired) electrons. The summed E-state index contributed by atoms with van der Waals surface area (Å²) in [6.07, 6.45) is 4.42. The number of aromatic nitrogens is 1. The van der Waals surface area contributed by atoms with Crippen LogP contribution in [0.4, 0.5) is 0 Å². The number of aryl methyl sites for hydroxylation is 1. The molecule has 2 aromatic carbocycles. The highest BCUT2D eigenvalue weighted by molar-refractivity contribution is 7.80. The van der Waals surface area contributed by atoms with Crippen LogP contribution in [0.25, 0.3) is 17.0 Å². The van der Waals surface area contributed by atoms with Crippen molar-refractivity contribution in [2.45, 2.75) is 13.0 Å². The molecule has 0 atom stereocenters. The molecule has 0 bridgehead atoms. The molecule has 1 aliphatic heterocycles. The average molecular weight is 420 g/mol. The van der Waals surface area contributed by atoms with Crippen LogP contribution in [0.15, 0.2) is 66.4 Å². The van der Waals surface area contributed by atoms with Gasteiger partial charge in [0.25, 0.3) is 11.8 Å². The Bertz CT molecular complexity index is 1150. The van der Waals surface area contributed by atoms with Crippen LogP contribution in [-0.2, 0) is 16.1 Å². The van der Waals surface area contributed by atoms with E-state index in [9.17, 15) is 9.59 Å². The predicted molar refractivity (Wildman–Crippen MR) is 120 cm³/mol. The van der Waals surface area contributed by atoms with Gasteiger partial charge in [-0.25, -0.2) is 0 Å². The molecule has 0 spiro atoms. The molecule has 0 aliphatic carbocycles. The maximum absolute atomic E-state index is 12.5. The summed E-state index contributed by atoms with van der Waals surface area (Å²) in [6.45, 7) is 1.34. The van der Waals surface area contributed by atoms with E-state index in [4.69, 9.17) is 17.0 Å². The second-order valence-corrected chi connectivity index (χ2v) is 7.38. The quantitative estimate of drug-likeness (QED) is 0.288. The van der Waals surface area contributed by atoms with Gasteiger partial charge in [0.1, 0.15) is 11.3 Å². The molecule has 1 fully saturated rings. The minimum Gasteiger partial charge on any atom is -0.494 e. The monoisotopic (exact) mass is 419 g/mol. The van der Waals surface area contributed by atoms with Gasteiger partial charge in [-0.3, -0.25) is 19.8 Å². The number of amides is 2. The Morgan fingerprint density at radius 1 is 1.07 bits per heavy atom. The molecule has 1 N–H and O–H groups in total. The summed E-state index contributed by atoms with van der Waals surface area (Å²) in [7, 11) is 1.55. The number of nitrogens with zero attached hydrogens (tertiary/aromatic N) is 2. The van der Waals surface area contributed by atoms with E-state index in [-0.39, 0.29) is 10.7 Å². The lowest BCUT2D eigenvalue weighted by atomic mass is 10.1. The number of carbonyl (C=O) groups excluding carboxylic acids is 2. The van der Waals surface area contributed by atoms with Crippen molar-refractivity contribution < 1.29 is 14.3 Å². The minimum atomic E-state index is -0.476. The summed E-state index contributed by atoms with van der Waals surface area (Å²) in [4.78, 5) is 26.1. The zero-order chi connectivity index (χ0) is 21.1. The SMILES string of the molecule is CN1C(=O)/C(=C\c2cn(CCCOc3ccccc3)c3ccccc23)C(=O)NC1=S. The summed E-state index contributed by atoms with van der Waals surface area (Å²) in [5.41, 5.74) is 1.92. The Hall–Kier alpha value is -3.45. The van der Waals surface area contributed by atoms with E-state index in [0.717, 1.165) is 35.2 Å². The van der Waals surface area contributed by atoms with Crippen molar-refractivity contribution in [3.63, 3.8) is 0 Å². The largest absolute Gasteiger partial charge is 0.494 e. The number of carbonyl (C=O) groups is 2. The number of thiocarbonyl (C=S) groups is 1. The van der Waals surface area contributed by atoms with Gasteiger partial charge in [-0.15, -0.1) is 0 Å². The standard InChI is InChI=1S/C23H21N3O3S/c1-25-22(28)19(21(27)24-23(25)30)14-16-15-26(20-11-6-5-10-18(16)20)12-7-13-29-17-8-3-2-4-9-17/h2-6,8-11,14-15H,7,12-13H2,1H3,(H,24,27,30)/b19-14-. The minimum absolute atomic E-state index is 0.0708. The van der Waals surface area contributed by atoms with E-state index in [1.54, 1.807) is 13.1 Å². The topological polar surface area (TPSA) is 63.6 Å². The van der Waals surface area contributed by atoms with Gasteiger partial charge in [-0.2, -0.15) is 0 Å². The van der Waals surface area contributed by atoms with E-state index in [0.29, 0.717) is 6.61 Å². The molecule has 7 heteroatoms. The summed E-state index contributed by atoms with van der Waals surface area (Å²) in [6, 6.07) is 17.6. The molecule has 0 saturated carbocycles. The van der Waals surface area contributed by atoms with Crippen molar-refractivity contribution in [3.8, 4) is 5.75 Å². The van der Waals surface area contributed by atoms with Gasteiger partial charge < -0.3 is 9.30 Å². The highest BCUT2D eigenvalue weighted by atomic mass is 32.1. The number of nitrogens with one attached hydrogen (secondary N) is 1. The molecular formula is C23H21N3O3S. The first-order valence-corrected chi connectivity index (χ1v) is 10.1. The fourth-order valence-electron chi connectivity index (χ4n) is 3.42. The molecule has 1 saturated heterocycles. The van der Waals surface area contributed by atoms with E-state index in [2.05, 4.69) is 9.88 Å². The highest BCUT2D eigenvalue weighted by Gasteiger charge is 2.31. The van der Waals surface area contributed by atoms with E-state index in [1.165, 1.54) is 4.90 Å². The van der Waals surface area contributed by atoms with Crippen LogP contribution >= 0.6 is 12.2 Å². The van der Waals surface area contributed by atoms with Gasteiger partial charge in [-0.1, -0.05) is 36.4 Å². The third-order valence-electron chi connectivity index (χ3n) is 4.98. The fourth-order valence-corrected chi connectivity index (χ4v) is 3.59. The fraction of sp³-hybridized carbons (Fsp3) is 0.174. The number of ether oxygens (including phenoxy) is 1. The van der Waals surface area contributed by atoms with Gasteiger partial charge in [0.15, 0.2) is 5.11 Å². The first-order chi connectivity index (χ1) is 14.5. The number of hydrogen-bond acceptors (Lipinski definition) is 4. The normalized spacial score (nSPS) is 15.7. The van der Waals surface area contributed by atoms with Crippen LogP contribution < -0.4 is 10.1 Å².